The number of nitrogens with two attached hydrogens (primary N) is 1. The standard InChI is InChI=1S/C27H29NO11/c1-10-22(31)13(28)6-17(38-10)39-15-8-27(36,16(30)9-29)7-12-19(15)26(35)21-20(24(12)33)23(32)11-4-3-5-14(37-2)18(11)25(21)34/h3-5,10,13,15,17,22,29,31,33,35-36H,6-9,28H2,1-2H3/t10-,13-,15-,17?,22-,27-/m0/s1. The van der Waals surface area contributed by atoms with Crippen LogP contribution in [0.3, 0.4) is 0 Å². The van der Waals surface area contributed by atoms with Crippen LogP contribution in [0.25, 0.3) is 0 Å². The molecule has 2 aliphatic carbocycles. The number of fused-ring (bicyclic) bond motifs is 3. The molecule has 0 amide bonds. The minimum Gasteiger partial charge on any atom is -0.507 e. The summed E-state index contributed by atoms with van der Waals surface area (Å²) in [6.07, 6.45) is -5.12. The van der Waals surface area contributed by atoms with Gasteiger partial charge in [-0.05, 0) is 13.0 Å². The van der Waals surface area contributed by atoms with Gasteiger partial charge in [-0.25, -0.2) is 0 Å². The number of carbonyl (C=O) groups excluding carboxylic acids is 3. The Kier molecular flexibility index (Phi) is 6.74. The van der Waals surface area contributed by atoms with Crippen molar-refractivity contribution in [1.29, 1.82) is 0 Å². The summed E-state index contributed by atoms with van der Waals surface area (Å²) in [5, 5.41) is 53.7. The maximum atomic E-state index is 13.6. The Morgan fingerprint density at radius 3 is 2.49 bits per heavy atom. The second kappa shape index (κ2) is 9.66. The molecular formula is C27H29NO11. The van der Waals surface area contributed by atoms with E-state index in [9.17, 15) is 39.9 Å². The van der Waals surface area contributed by atoms with Gasteiger partial charge in [0.15, 0.2) is 17.9 Å². The number of benzene rings is 2. The van der Waals surface area contributed by atoms with Crippen molar-refractivity contribution in [3.63, 3.8) is 0 Å². The van der Waals surface area contributed by atoms with Gasteiger partial charge in [-0.1, -0.05) is 12.1 Å². The van der Waals surface area contributed by atoms with Gasteiger partial charge >= 0.3 is 0 Å². The molecular weight excluding hydrogens is 514 g/mol. The molecule has 1 fully saturated rings. The summed E-state index contributed by atoms with van der Waals surface area (Å²) in [6.45, 7) is 0.560. The van der Waals surface area contributed by atoms with Crippen LogP contribution in [0.15, 0.2) is 18.2 Å². The first-order valence-corrected chi connectivity index (χ1v) is 12.4. The highest BCUT2D eigenvalue weighted by molar-refractivity contribution is 6.31. The molecule has 2 aromatic carbocycles. The predicted octanol–water partition coefficient (Wildman–Crippen LogP) is 0.00130. The fourth-order valence-corrected chi connectivity index (χ4v) is 5.75. The number of ether oxygens (including phenoxy) is 3. The molecule has 0 bridgehead atoms. The fourth-order valence-electron chi connectivity index (χ4n) is 5.75. The van der Waals surface area contributed by atoms with Crippen LogP contribution in [0.1, 0.15) is 68.8 Å². The molecule has 2 aromatic rings. The molecule has 1 unspecified atom stereocenters. The summed E-state index contributed by atoms with van der Waals surface area (Å²) in [5.74, 6) is -3.77. The monoisotopic (exact) mass is 543 g/mol. The molecule has 0 aromatic heterocycles. The van der Waals surface area contributed by atoms with E-state index >= 15 is 0 Å². The lowest BCUT2D eigenvalue weighted by Crippen LogP contribution is -2.53. The number of aliphatic hydroxyl groups excluding tert-OH is 2. The maximum absolute atomic E-state index is 13.6. The molecule has 3 aliphatic rings. The first kappa shape index (κ1) is 27.2. The van der Waals surface area contributed by atoms with Crippen LogP contribution in [-0.2, 0) is 20.7 Å². The van der Waals surface area contributed by atoms with Crippen LogP contribution in [0, 0.1) is 0 Å². The number of Topliss-reactive ketones (excluding diaryl/α,β-unsaturated/α-hetero) is 1. The minimum atomic E-state index is -2.24. The summed E-state index contributed by atoms with van der Waals surface area (Å²) in [4.78, 5) is 39.7. The molecule has 0 saturated carbocycles. The van der Waals surface area contributed by atoms with Crippen LogP contribution in [0.2, 0.25) is 0 Å². The van der Waals surface area contributed by atoms with Gasteiger partial charge in [-0.15, -0.1) is 0 Å². The number of aromatic hydroxyl groups is 2. The van der Waals surface area contributed by atoms with Gasteiger partial charge in [0.2, 0.25) is 5.78 Å². The molecule has 7 N–H and O–H groups in total. The van der Waals surface area contributed by atoms with Crippen LogP contribution in [0.5, 0.6) is 17.2 Å². The van der Waals surface area contributed by atoms with Crippen LogP contribution in [-0.4, -0.2) is 86.7 Å². The second-order valence-electron chi connectivity index (χ2n) is 10.2. The van der Waals surface area contributed by atoms with E-state index in [2.05, 4.69) is 0 Å². The number of phenols is 2. The number of hydrogen-bond donors (Lipinski definition) is 6. The number of methoxy groups -OCH3 is 1. The number of hydrogen-bond acceptors (Lipinski definition) is 12. The van der Waals surface area contributed by atoms with Gasteiger partial charge < -0.3 is 45.5 Å². The van der Waals surface area contributed by atoms with Crippen molar-refractivity contribution in [2.24, 2.45) is 5.73 Å². The highest BCUT2D eigenvalue weighted by Crippen LogP contribution is 2.52. The van der Waals surface area contributed by atoms with Gasteiger partial charge in [0.05, 0.1) is 42.1 Å². The van der Waals surface area contributed by atoms with E-state index in [1.807, 2.05) is 0 Å². The fraction of sp³-hybridized carbons (Fsp3) is 0.444. The van der Waals surface area contributed by atoms with E-state index < -0.39 is 95.7 Å². The van der Waals surface area contributed by atoms with Gasteiger partial charge in [0.1, 0.15) is 29.5 Å². The van der Waals surface area contributed by atoms with Gasteiger partial charge in [0.25, 0.3) is 0 Å². The molecule has 0 spiro atoms. The zero-order valence-electron chi connectivity index (χ0n) is 21.2. The van der Waals surface area contributed by atoms with Crippen molar-refractivity contribution >= 4 is 17.3 Å². The van der Waals surface area contributed by atoms with E-state index in [1.54, 1.807) is 6.92 Å². The van der Waals surface area contributed by atoms with Crippen molar-refractivity contribution in [3.8, 4) is 17.2 Å². The number of carbonyl (C=O) groups is 3. The Bertz CT molecular complexity index is 1380. The third-order valence-electron chi connectivity index (χ3n) is 7.81. The van der Waals surface area contributed by atoms with Crippen LogP contribution in [0.4, 0.5) is 0 Å². The third kappa shape index (κ3) is 4.11. The van der Waals surface area contributed by atoms with Crippen molar-refractivity contribution in [3.05, 3.63) is 51.6 Å². The van der Waals surface area contributed by atoms with Crippen molar-refractivity contribution < 1.29 is 54.1 Å². The van der Waals surface area contributed by atoms with E-state index in [0.29, 0.717) is 0 Å². The molecule has 12 nitrogen and oxygen atoms in total. The molecule has 12 heteroatoms. The Morgan fingerprint density at radius 1 is 1.15 bits per heavy atom. The lowest BCUT2D eigenvalue weighted by atomic mass is 9.72. The summed E-state index contributed by atoms with van der Waals surface area (Å²) < 4.78 is 17.0. The Labute approximate surface area is 222 Å². The SMILES string of the molecule is COc1cccc2c1C(=O)c1c(O)c3c(c(O)c1C2=O)C[C@@](O)(C(=O)CO)C[C@@H]3OC1C[C@H](N)[C@@H](O)[C@H](C)O1. The molecule has 5 rings (SSSR count). The number of aliphatic hydroxyl groups is 3. The average Bonchev–Trinajstić information content (AvgIpc) is 2.90. The largest absolute Gasteiger partial charge is 0.507 e. The molecule has 1 aliphatic heterocycles. The molecule has 1 saturated heterocycles. The average molecular weight is 544 g/mol. The van der Waals surface area contributed by atoms with Crippen LogP contribution < -0.4 is 10.5 Å². The number of rotatable bonds is 5. The molecule has 6 atom stereocenters. The van der Waals surface area contributed by atoms with Gasteiger partial charge in [-0.3, -0.25) is 14.4 Å². The predicted molar refractivity (Wildman–Crippen MR) is 132 cm³/mol. The summed E-state index contributed by atoms with van der Waals surface area (Å²) >= 11 is 0. The maximum Gasteiger partial charge on any atom is 0.202 e. The van der Waals surface area contributed by atoms with Crippen molar-refractivity contribution in [1.82, 2.24) is 0 Å². The van der Waals surface area contributed by atoms with Crippen molar-refractivity contribution in [2.45, 2.75) is 62.4 Å². The van der Waals surface area contributed by atoms with E-state index in [-0.39, 0.29) is 34.4 Å². The molecule has 39 heavy (non-hydrogen) atoms. The van der Waals surface area contributed by atoms with E-state index in [4.69, 9.17) is 19.9 Å². The quantitative estimate of drug-likeness (QED) is 0.235. The lowest BCUT2D eigenvalue weighted by molar-refractivity contribution is -0.247. The number of phenolic OH excluding ortho intramolecular Hbond substituents is 2. The van der Waals surface area contributed by atoms with Gasteiger partial charge in [-0.2, -0.15) is 0 Å². The zero-order chi connectivity index (χ0) is 28.4. The minimum absolute atomic E-state index is 0.0173. The second-order valence-corrected chi connectivity index (χ2v) is 10.2. The van der Waals surface area contributed by atoms with E-state index in [0.717, 1.165) is 0 Å². The molecule has 0 radical (unpaired) electrons. The Morgan fingerprint density at radius 2 is 1.85 bits per heavy atom. The zero-order valence-corrected chi connectivity index (χ0v) is 21.2. The van der Waals surface area contributed by atoms with Gasteiger partial charge in [0, 0.05) is 42.0 Å². The Balaban J connectivity index is 1.69. The third-order valence-corrected chi connectivity index (χ3v) is 7.81. The summed E-state index contributed by atoms with van der Waals surface area (Å²) in [5.41, 5.74) is 2.37. The Hall–Kier alpha value is -3.39. The topological polar surface area (TPSA) is 206 Å². The number of ketones is 3. The lowest BCUT2D eigenvalue weighted by Gasteiger charge is -2.42. The molecule has 1 heterocycles. The van der Waals surface area contributed by atoms with Crippen molar-refractivity contribution in [2.75, 3.05) is 13.7 Å². The summed E-state index contributed by atoms with van der Waals surface area (Å²) in [7, 11) is 1.32. The highest BCUT2D eigenvalue weighted by atomic mass is 16.7. The normalized spacial score (nSPS) is 29.8. The smallest absolute Gasteiger partial charge is 0.202 e. The van der Waals surface area contributed by atoms with Crippen LogP contribution >= 0.6 is 0 Å². The molecule has 208 valence electrons. The first-order valence-electron chi connectivity index (χ1n) is 12.4. The summed E-state index contributed by atoms with van der Waals surface area (Å²) in [6, 6.07) is 3.64. The highest BCUT2D eigenvalue weighted by Gasteiger charge is 2.50. The van der Waals surface area contributed by atoms with E-state index in [1.165, 1.54) is 25.3 Å². The first-order chi connectivity index (χ1) is 18.4.